The molecule has 7 nitrogen and oxygen atoms in total. The molecule has 0 saturated heterocycles. The third-order valence-electron chi connectivity index (χ3n) is 5.55. The van der Waals surface area contributed by atoms with Crippen molar-refractivity contribution in [2.45, 2.75) is 39.0 Å². The molecular formula is C24H22N4O3. The van der Waals surface area contributed by atoms with Gasteiger partial charge in [0, 0.05) is 29.3 Å². The van der Waals surface area contributed by atoms with Crippen LogP contribution in [-0.2, 0) is 19.3 Å². The highest BCUT2D eigenvalue weighted by Gasteiger charge is 2.16. The van der Waals surface area contributed by atoms with Crippen molar-refractivity contribution in [3.8, 4) is 22.8 Å². The second-order valence-electron chi connectivity index (χ2n) is 7.67. The molecular weight excluding hydrogens is 392 g/mol. The van der Waals surface area contributed by atoms with Gasteiger partial charge in [-0.1, -0.05) is 29.4 Å². The molecule has 0 radical (unpaired) electrons. The van der Waals surface area contributed by atoms with Crippen LogP contribution in [0.25, 0.3) is 22.8 Å². The summed E-state index contributed by atoms with van der Waals surface area (Å²) in [6, 6.07) is 15.2. The van der Waals surface area contributed by atoms with Crippen LogP contribution in [0, 0.1) is 0 Å². The molecule has 0 bridgehead atoms. The molecule has 0 spiro atoms. The Balaban J connectivity index is 1.28. The van der Waals surface area contributed by atoms with Crippen LogP contribution in [0.3, 0.4) is 0 Å². The third kappa shape index (κ3) is 3.99. The molecule has 0 atom stereocenters. The Kier molecular flexibility index (Phi) is 5.08. The number of nitrogens with one attached hydrogen (secondary N) is 1. The number of amides is 1. The smallest absolute Gasteiger partial charge is 0.277 e. The lowest BCUT2D eigenvalue weighted by Crippen LogP contribution is -2.12. The fraction of sp³-hybridized carbons (Fsp3) is 0.250. The molecule has 0 fully saturated rings. The Hall–Kier alpha value is -3.74. The zero-order valence-corrected chi connectivity index (χ0v) is 17.2. The predicted octanol–water partition coefficient (Wildman–Crippen LogP) is 5.09. The Labute approximate surface area is 179 Å². The standard InChI is InChI=1S/C24H22N4O3/c1-2-22-26-24(31-28-22)16-9-11-19(12-10-16)25-23(29)20-14-21(30-27-20)18-8-7-15-5-3-4-6-17(15)13-18/h7-14H,2-6H2,1H3,(H,25,29). The van der Waals surface area contributed by atoms with Gasteiger partial charge in [0.05, 0.1) is 0 Å². The maximum atomic E-state index is 12.6. The Morgan fingerprint density at radius 3 is 2.48 bits per heavy atom. The zero-order valence-electron chi connectivity index (χ0n) is 17.2. The highest BCUT2D eigenvalue weighted by atomic mass is 16.5. The van der Waals surface area contributed by atoms with Gasteiger partial charge in [-0.05, 0) is 67.1 Å². The maximum Gasteiger partial charge on any atom is 0.277 e. The van der Waals surface area contributed by atoms with Crippen molar-refractivity contribution >= 4 is 11.6 Å². The summed E-state index contributed by atoms with van der Waals surface area (Å²) in [6.07, 6.45) is 5.39. The highest BCUT2D eigenvalue weighted by Crippen LogP contribution is 2.28. The van der Waals surface area contributed by atoms with E-state index in [0.29, 0.717) is 29.6 Å². The van der Waals surface area contributed by atoms with Crippen LogP contribution in [0.15, 0.2) is 57.6 Å². The van der Waals surface area contributed by atoms with Crippen LogP contribution in [0.1, 0.15) is 47.2 Å². The van der Waals surface area contributed by atoms with E-state index in [1.54, 1.807) is 18.2 Å². The monoisotopic (exact) mass is 414 g/mol. The van der Waals surface area contributed by atoms with E-state index < -0.39 is 0 Å². The number of aryl methyl sites for hydroxylation is 3. The molecule has 7 heteroatoms. The van der Waals surface area contributed by atoms with E-state index >= 15 is 0 Å². The van der Waals surface area contributed by atoms with Gasteiger partial charge in [0.25, 0.3) is 11.8 Å². The fourth-order valence-corrected chi connectivity index (χ4v) is 3.81. The molecule has 0 aliphatic heterocycles. The summed E-state index contributed by atoms with van der Waals surface area (Å²) >= 11 is 0. The Morgan fingerprint density at radius 2 is 1.71 bits per heavy atom. The summed E-state index contributed by atoms with van der Waals surface area (Å²) in [5.41, 5.74) is 5.38. The van der Waals surface area contributed by atoms with E-state index in [0.717, 1.165) is 24.0 Å². The van der Waals surface area contributed by atoms with Gasteiger partial charge in [-0.15, -0.1) is 0 Å². The number of hydrogen-bond donors (Lipinski definition) is 1. The van der Waals surface area contributed by atoms with Crippen molar-refractivity contribution in [3.05, 3.63) is 71.2 Å². The summed E-state index contributed by atoms with van der Waals surface area (Å²) in [7, 11) is 0. The number of benzene rings is 2. The van der Waals surface area contributed by atoms with Crippen molar-refractivity contribution in [2.24, 2.45) is 0 Å². The van der Waals surface area contributed by atoms with Crippen molar-refractivity contribution < 1.29 is 13.8 Å². The van der Waals surface area contributed by atoms with Crippen LogP contribution in [0.2, 0.25) is 0 Å². The topological polar surface area (TPSA) is 94.1 Å². The van der Waals surface area contributed by atoms with Crippen LogP contribution in [-0.4, -0.2) is 21.2 Å². The summed E-state index contributed by atoms with van der Waals surface area (Å²) in [5, 5.41) is 10.7. The second-order valence-corrected chi connectivity index (χ2v) is 7.67. The van der Waals surface area contributed by atoms with Crippen LogP contribution in [0.4, 0.5) is 5.69 Å². The van der Waals surface area contributed by atoms with Gasteiger partial charge in [0.2, 0.25) is 0 Å². The molecule has 4 aromatic rings. The van der Waals surface area contributed by atoms with Gasteiger partial charge in [0.1, 0.15) is 0 Å². The maximum absolute atomic E-state index is 12.6. The summed E-state index contributed by atoms with van der Waals surface area (Å²) < 4.78 is 10.7. The van der Waals surface area contributed by atoms with Gasteiger partial charge < -0.3 is 14.4 Å². The summed E-state index contributed by atoms with van der Waals surface area (Å²) in [5.74, 6) is 1.39. The minimum atomic E-state index is -0.327. The lowest BCUT2D eigenvalue weighted by Gasteiger charge is -2.15. The number of nitrogens with zero attached hydrogens (tertiary/aromatic N) is 3. The van der Waals surface area contributed by atoms with Gasteiger partial charge in [-0.2, -0.15) is 4.98 Å². The third-order valence-corrected chi connectivity index (χ3v) is 5.55. The lowest BCUT2D eigenvalue weighted by molar-refractivity contribution is 0.101. The molecule has 2 heterocycles. The molecule has 2 aromatic carbocycles. The fourth-order valence-electron chi connectivity index (χ4n) is 3.81. The highest BCUT2D eigenvalue weighted by molar-refractivity contribution is 6.03. The zero-order chi connectivity index (χ0) is 21.2. The van der Waals surface area contributed by atoms with Crippen LogP contribution >= 0.6 is 0 Å². The number of fused-ring (bicyclic) bond motifs is 1. The van der Waals surface area contributed by atoms with Crippen molar-refractivity contribution in [2.75, 3.05) is 5.32 Å². The first-order valence-corrected chi connectivity index (χ1v) is 10.5. The number of aromatic nitrogens is 3. The molecule has 0 saturated carbocycles. The van der Waals surface area contributed by atoms with Crippen LogP contribution in [0.5, 0.6) is 0 Å². The van der Waals surface area contributed by atoms with Crippen molar-refractivity contribution in [1.82, 2.24) is 15.3 Å². The average molecular weight is 414 g/mol. The Bertz CT molecular complexity index is 1220. The molecule has 1 amide bonds. The molecule has 5 rings (SSSR count). The first-order valence-electron chi connectivity index (χ1n) is 10.5. The number of anilines is 1. The molecule has 1 aliphatic carbocycles. The van der Waals surface area contributed by atoms with Gasteiger partial charge in [-0.3, -0.25) is 4.79 Å². The quantitative estimate of drug-likeness (QED) is 0.489. The van der Waals surface area contributed by atoms with Gasteiger partial charge >= 0.3 is 0 Å². The van der Waals surface area contributed by atoms with E-state index in [9.17, 15) is 4.79 Å². The largest absolute Gasteiger partial charge is 0.355 e. The lowest BCUT2D eigenvalue weighted by atomic mass is 9.90. The molecule has 1 aliphatic rings. The first kappa shape index (κ1) is 19.2. The van der Waals surface area contributed by atoms with Crippen LogP contribution < -0.4 is 5.32 Å². The molecule has 2 aromatic heterocycles. The molecule has 31 heavy (non-hydrogen) atoms. The van der Waals surface area contributed by atoms with E-state index in [1.165, 1.54) is 24.0 Å². The number of rotatable bonds is 5. The van der Waals surface area contributed by atoms with Gasteiger partial charge in [0.15, 0.2) is 17.3 Å². The Morgan fingerprint density at radius 1 is 0.935 bits per heavy atom. The number of carbonyl (C=O) groups excluding carboxylic acids is 1. The molecule has 0 unspecified atom stereocenters. The summed E-state index contributed by atoms with van der Waals surface area (Å²) in [6.45, 7) is 1.97. The summed E-state index contributed by atoms with van der Waals surface area (Å²) in [4.78, 5) is 16.9. The van der Waals surface area contributed by atoms with E-state index in [2.05, 4.69) is 32.7 Å². The van der Waals surface area contributed by atoms with Crippen molar-refractivity contribution in [1.29, 1.82) is 0 Å². The van der Waals surface area contributed by atoms with E-state index in [1.807, 2.05) is 25.1 Å². The molecule has 156 valence electrons. The minimum Gasteiger partial charge on any atom is -0.355 e. The number of carbonyl (C=O) groups is 1. The van der Waals surface area contributed by atoms with E-state index in [-0.39, 0.29) is 11.6 Å². The number of hydrogen-bond acceptors (Lipinski definition) is 6. The van der Waals surface area contributed by atoms with Gasteiger partial charge in [-0.25, -0.2) is 0 Å². The predicted molar refractivity (Wildman–Crippen MR) is 116 cm³/mol. The molecule has 1 N–H and O–H groups in total. The van der Waals surface area contributed by atoms with Crippen molar-refractivity contribution in [3.63, 3.8) is 0 Å². The minimum absolute atomic E-state index is 0.237. The second kappa shape index (κ2) is 8.18. The SMILES string of the molecule is CCc1noc(-c2ccc(NC(=O)c3cc(-c4ccc5c(c4)CCCC5)on3)cc2)n1. The van der Waals surface area contributed by atoms with E-state index in [4.69, 9.17) is 9.05 Å². The first-order chi connectivity index (χ1) is 15.2. The average Bonchev–Trinajstić information content (AvgIpc) is 3.49. The normalized spacial score (nSPS) is 13.1.